The van der Waals surface area contributed by atoms with Crippen LogP contribution in [-0.4, -0.2) is 17.4 Å². The molecule has 0 saturated carbocycles. The predicted molar refractivity (Wildman–Crippen MR) is 77.6 cm³/mol. The Morgan fingerprint density at radius 3 is 2.80 bits per heavy atom. The third-order valence-electron chi connectivity index (χ3n) is 3.71. The number of amides is 1. The summed E-state index contributed by atoms with van der Waals surface area (Å²) < 4.78 is 5.45. The summed E-state index contributed by atoms with van der Waals surface area (Å²) in [5.74, 6) is 1.03. The summed E-state index contributed by atoms with van der Waals surface area (Å²) in [5, 5.41) is 0.691. The normalized spacial score (nSPS) is 18.4. The molecule has 104 valence electrons. The highest BCUT2D eigenvalue weighted by Gasteiger charge is 2.31. The molecule has 1 atom stereocenters. The van der Waals surface area contributed by atoms with Crippen molar-refractivity contribution in [2.45, 2.75) is 25.3 Å². The number of hydrogen-bond donors (Lipinski definition) is 0. The van der Waals surface area contributed by atoms with Crippen molar-refractivity contribution in [2.24, 2.45) is 0 Å². The van der Waals surface area contributed by atoms with Gasteiger partial charge in [-0.15, -0.1) is 0 Å². The van der Waals surface area contributed by atoms with Crippen LogP contribution < -0.4 is 0 Å². The summed E-state index contributed by atoms with van der Waals surface area (Å²) in [7, 11) is 0. The van der Waals surface area contributed by atoms with E-state index in [0.717, 1.165) is 30.7 Å². The van der Waals surface area contributed by atoms with Crippen LogP contribution in [0.15, 0.2) is 47.1 Å². The van der Waals surface area contributed by atoms with Gasteiger partial charge in [-0.1, -0.05) is 23.7 Å². The highest BCUT2D eigenvalue weighted by molar-refractivity contribution is 6.30. The molecule has 1 aromatic carbocycles. The molecule has 20 heavy (non-hydrogen) atoms. The molecule has 4 heteroatoms. The molecule has 1 amide bonds. The third kappa shape index (κ3) is 2.73. The number of furan rings is 1. The number of likely N-dealkylation sites (tertiary alicyclic amines) is 1. The lowest BCUT2D eigenvalue weighted by Crippen LogP contribution is -2.31. The molecular formula is C16H16ClNO2. The molecule has 3 nitrogen and oxygen atoms in total. The minimum Gasteiger partial charge on any atom is -0.467 e. The summed E-state index contributed by atoms with van der Waals surface area (Å²) in [4.78, 5) is 14.4. The van der Waals surface area contributed by atoms with Crippen molar-refractivity contribution in [2.75, 3.05) is 6.54 Å². The minimum atomic E-state index is 0.0878. The third-order valence-corrected chi connectivity index (χ3v) is 3.97. The van der Waals surface area contributed by atoms with Gasteiger partial charge in [-0.3, -0.25) is 4.79 Å². The van der Waals surface area contributed by atoms with Gasteiger partial charge in [0.15, 0.2) is 0 Å². The van der Waals surface area contributed by atoms with E-state index >= 15 is 0 Å². The van der Waals surface area contributed by atoms with Crippen LogP contribution in [0.25, 0.3) is 0 Å². The Hall–Kier alpha value is -1.74. The lowest BCUT2D eigenvalue weighted by Gasteiger charge is -2.23. The fourth-order valence-electron chi connectivity index (χ4n) is 2.72. The first-order chi connectivity index (χ1) is 9.74. The van der Waals surface area contributed by atoms with E-state index in [2.05, 4.69) is 0 Å². The molecule has 1 fully saturated rings. The van der Waals surface area contributed by atoms with E-state index in [1.165, 1.54) is 0 Å². The van der Waals surface area contributed by atoms with Gasteiger partial charge in [0, 0.05) is 11.6 Å². The highest BCUT2D eigenvalue weighted by Crippen LogP contribution is 2.32. The average Bonchev–Trinajstić information content (AvgIpc) is 3.11. The van der Waals surface area contributed by atoms with E-state index < -0.39 is 0 Å². The van der Waals surface area contributed by atoms with Gasteiger partial charge >= 0.3 is 0 Å². The van der Waals surface area contributed by atoms with Gasteiger partial charge in [0.05, 0.1) is 18.7 Å². The maximum Gasteiger partial charge on any atom is 0.227 e. The molecule has 0 unspecified atom stereocenters. The first kappa shape index (κ1) is 13.3. The second kappa shape index (κ2) is 5.71. The van der Waals surface area contributed by atoms with Gasteiger partial charge in [-0.2, -0.15) is 0 Å². The van der Waals surface area contributed by atoms with E-state index in [-0.39, 0.29) is 11.9 Å². The Kier molecular flexibility index (Phi) is 3.79. The van der Waals surface area contributed by atoms with Crippen LogP contribution in [0.3, 0.4) is 0 Å². The van der Waals surface area contributed by atoms with Crippen LogP contribution in [0.2, 0.25) is 5.02 Å². The van der Waals surface area contributed by atoms with Crippen molar-refractivity contribution >= 4 is 17.5 Å². The second-order valence-electron chi connectivity index (χ2n) is 5.06. The quantitative estimate of drug-likeness (QED) is 0.860. The fraction of sp³-hybridized carbons (Fsp3) is 0.312. The summed E-state index contributed by atoms with van der Waals surface area (Å²) in [6.07, 6.45) is 4.07. The number of nitrogens with zero attached hydrogens (tertiary/aromatic N) is 1. The van der Waals surface area contributed by atoms with Crippen molar-refractivity contribution in [1.82, 2.24) is 4.90 Å². The van der Waals surface area contributed by atoms with E-state index in [4.69, 9.17) is 16.0 Å². The molecule has 1 aliphatic rings. The van der Waals surface area contributed by atoms with E-state index in [9.17, 15) is 4.79 Å². The first-order valence-electron chi connectivity index (χ1n) is 6.81. The molecule has 1 aromatic heterocycles. The second-order valence-corrected chi connectivity index (χ2v) is 5.50. The van der Waals surface area contributed by atoms with Crippen LogP contribution in [-0.2, 0) is 11.2 Å². The molecule has 0 bridgehead atoms. The number of rotatable bonds is 3. The molecule has 1 aliphatic heterocycles. The highest BCUT2D eigenvalue weighted by atomic mass is 35.5. The van der Waals surface area contributed by atoms with Gasteiger partial charge in [-0.25, -0.2) is 0 Å². The molecule has 0 aliphatic carbocycles. The SMILES string of the molecule is O=C(Cc1ccc(Cl)cc1)N1CCC[C@@H]1c1ccco1. The predicted octanol–water partition coefficient (Wildman–Crippen LogP) is 3.84. The Morgan fingerprint density at radius 1 is 1.30 bits per heavy atom. The lowest BCUT2D eigenvalue weighted by molar-refractivity contribution is -0.131. The van der Waals surface area contributed by atoms with Crippen molar-refractivity contribution < 1.29 is 9.21 Å². The molecular weight excluding hydrogens is 274 g/mol. The zero-order chi connectivity index (χ0) is 13.9. The smallest absolute Gasteiger partial charge is 0.227 e. The molecule has 0 N–H and O–H groups in total. The van der Waals surface area contributed by atoms with Gasteiger partial charge in [0.25, 0.3) is 0 Å². The van der Waals surface area contributed by atoms with Crippen LogP contribution in [0.1, 0.15) is 30.2 Å². The van der Waals surface area contributed by atoms with Crippen molar-refractivity contribution in [1.29, 1.82) is 0 Å². The Morgan fingerprint density at radius 2 is 2.10 bits per heavy atom. The number of hydrogen-bond acceptors (Lipinski definition) is 2. The zero-order valence-electron chi connectivity index (χ0n) is 11.1. The maximum absolute atomic E-state index is 12.5. The first-order valence-corrected chi connectivity index (χ1v) is 7.19. The molecule has 3 rings (SSSR count). The van der Waals surface area contributed by atoms with Crippen molar-refractivity contribution in [3.8, 4) is 0 Å². The Balaban J connectivity index is 1.71. The standard InChI is InChI=1S/C16H16ClNO2/c17-13-7-5-12(6-8-13)11-16(19)18-9-1-3-14(18)15-4-2-10-20-15/h2,4-8,10,14H,1,3,9,11H2/t14-/m1/s1. The van der Waals surface area contributed by atoms with Gasteiger partial charge in [0.1, 0.15) is 5.76 Å². The van der Waals surface area contributed by atoms with Crippen LogP contribution in [0.5, 0.6) is 0 Å². The van der Waals surface area contributed by atoms with E-state index in [1.54, 1.807) is 6.26 Å². The molecule has 2 heterocycles. The lowest BCUT2D eigenvalue weighted by atomic mass is 10.1. The van der Waals surface area contributed by atoms with Gasteiger partial charge < -0.3 is 9.32 Å². The molecule has 2 aromatic rings. The van der Waals surface area contributed by atoms with Crippen LogP contribution in [0.4, 0.5) is 0 Å². The minimum absolute atomic E-state index is 0.0878. The molecule has 0 spiro atoms. The summed E-state index contributed by atoms with van der Waals surface area (Å²) in [6.45, 7) is 0.803. The fourth-order valence-corrected chi connectivity index (χ4v) is 2.85. The topological polar surface area (TPSA) is 33.5 Å². The van der Waals surface area contributed by atoms with Crippen LogP contribution in [0, 0.1) is 0 Å². The van der Waals surface area contributed by atoms with Crippen molar-refractivity contribution in [3.05, 3.63) is 59.0 Å². The maximum atomic E-state index is 12.5. The number of halogens is 1. The summed E-state index contributed by atoms with van der Waals surface area (Å²) in [5.41, 5.74) is 0.990. The summed E-state index contributed by atoms with van der Waals surface area (Å²) >= 11 is 5.86. The largest absolute Gasteiger partial charge is 0.467 e. The van der Waals surface area contributed by atoms with Gasteiger partial charge in [0.2, 0.25) is 5.91 Å². The Bertz CT molecular complexity index is 577. The zero-order valence-corrected chi connectivity index (χ0v) is 11.8. The average molecular weight is 290 g/mol. The summed E-state index contributed by atoms with van der Waals surface area (Å²) in [6, 6.07) is 11.3. The van der Waals surface area contributed by atoms with Crippen LogP contribution >= 0.6 is 11.6 Å². The van der Waals surface area contributed by atoms with E-state index in [0.29, 0.717) is 11.4 Å². The monoisotopic (exact) mass is 289 g/mol. The van der Waals surface area contributed by atoms with E-state index in [1.807, 2.05) is 41.3 Å². The number of carbonyl (C=O) groups excluding carboxylic acids is 1. The Labute approximate surface area is 123 Å². The van der Waals surface area contributed by atoms with Gasteiger partial charge in [-0.05, 0) is 42.7 Å². The molecule has 0 radical (unpaired) electrons. The number of carbonyl (C=O) groups is 1. The van der Waals surface area contributed by atoms with Crippen molar-refractivity contribution in [3.63, 3.8) is 0 Å². The molecule has 1 saturated heterocycles. The number of benzene rings is 1.